The fraction of sp³-hybridized carbons (Fsp3) is 0.333. The highest BCUT2D eigenvalue weighted by Crippen LogP contribution is 2.27. The van der Waals surface area contributed by atoms with E-state index in [4.69, 9.17) is 0 Å². The smallest absolute Gasteiger partial charge is 0.163 e. The fourth-order valence-electron chi connectivity index (χ4n) is 2.15. The van der Waals surface area contributed by atoms with Crippen molar-refractivity contribution in [1.29, 1.82) is 0 Å². The van der Waals surface area contributed by atoms with Gasteiger partial charge in [0, 0.05) is 24.3 Å². The highest BCUT2D eigenvalue weighted by atomic mass is 15.3. The lowest BCUT2D eigenvalue weighted by Gasteiger charge is -2.05. The molecule has 0 unspecified atom stereocenters. The van der Waals surface area contributed by atoms with E-state index in [1.54, 1.807) is 6.33 Å². The molecule has 0 fully saturated rings. The van der Waals surface area contributed by atoms with Gasteiger partial charge in [-0.15, -0.1) is 10.2 Å². The van der Waals surface area contributed by atoms with Crippen molar-refractivity contribution in [2.75, 3.05) is 11.9 Å². The molecule has 0 amide bonds. The molecule has 1 N–H and O–H groups in total. The monoisotopic (exact) mass is 214 g/mol. The Kier molecular flexibility index (Phi) is 2.13. The van der Waals surface area contributed by atoms with Gasteiger partial charge in [0.15, 0.2) is 5.82 Å². The van der Waals surface area contributed by atoms with Crippen molar-refractivity contribution in [3.8, 4) is 11.4 Å². The number of benzene rings is 1. The highest BCUT2D eigenvalue weighted by molar-refractivity contribution is 5.65. The molecule has 4 heteroatoms. The number of anilines is 1. The van der Waals surface area contributed by atoms with Crippen molar-refractivity contribution in [2.45, 2.75) is 19.9 Å². The second kappa shape index (κ2) is 3.63. The Balaban J connectivity index is 2.07. The molecule has 1 aliphatic heterocycles. The number of hydrogen-bond donors (Lipinski definition) is 1. The largest absolute Gasteiger partial charge is 0.384 e. The zero-order valence-electron chi connectivity index (χ0n) is 9.27. The van der Waals surface area contributed by atoms with Crippen molar-refractivity contribution >= 4 is 5.69 Å². The van der Waals surface area contributed by atoms with Gasteiger partial charge in [-0.2, -0.15) is 0 Å². The van der Waals surface area contributed by atoms with Crippen LogP contribution in [0, 0.1) is 0 Å². The third kappa shape index (κ3) is 1.38. The molecule has 16 heavy (non-hydrogen) atoms. The normalized spacial score (nSPS) is 13.6. The number of rotatable bonds is 2. The maximum atomic E-state index is 4.18. The summed E-state index contributed by atoms with van der Waals surface area (Å²) in [5, 5.41) is 11.5. The summed E-state index contributed by atoms with van der Waals surface area (Å²) in [4.78, 5) is 0. The average Bonchev–Trinajstić information content (AvgIpc) is 2.96. The van der Waals surface area contributed by atoms with Crippen LogP contribution in [0.4, 0.5) is 5.69 Å². The van der Waals surface area contributed by atoms with Gasteiger partial charge in [0.25, 0.3) is 0 Å². The van der Waals surface area contributed by atoms with Crippen molar-refractivity contribution in [3.63, 3.8) is 0 Å². The number of nitrogens with one attached hydrogen (secondary N) is 1. The Labute approximate surface area is 94.3 Å². The molecule has 1 aliphatic rings. The van der Waals surface area contributed by atoms with Crippen LogP contribution in [0.1, 0.15) is 12.5 Å². The van der Waals surface area contributed by atoms with E-state index in [2.05, 4.69) is 45.2 Å². The summed E-state index contributed by atoms with van der Waals surface area (Å²) in [6, 6.07) is 6.45. The van der Waals surface area contributed by atoms with Crippen LogP contribution in [0.5, 0.6) is 0 Å². The first kappa shape index (κ1) is 9.39. The lowest BCUT2D eigenvalue weighted by atomic mass is 10.1. The summed E-state index contributed by atoms with van der Waals surface area (Å²) in [6.07, 6.45) is 2.88. The molecule has 82 valence electrons. The molecule has 1 aromatic heterocycles. The van der Waals surface area contributed by atoms with E-state index < -0.39 is 0 Å². The molecular formula is C12H14N4. The second-order valence-corrected chi connectivity index (χ2v) is 3.99. The topological polar surface area (TPSA) is 42.7 Å². The van der Waals surface area contributed by atoms with Gasteiger partial charge in [-0.3, -0.25) is 0 Å². The van der Waals surface area contributed by atoms with E-state index in [0.717, 1.165) is 30.9 Å². The Morgan fingerprint density at radius 3 is 3.25 bits per heavy atom. The van der Waals surface area contributed by atoms with Crippen LogP contribution in [0.15, 0.2) is 24.5 Å². The standard InChI is InChI=1S/C12H14N4/c1-2-16-8-14-15-12(16)10-3-4-11-9(7-10)5-6-13-11/h3-4,7-8,13H,2,5-6H2,1H3. The average molecular weight is 214 g/mol. The van der Waals surface area contributed by atoms with Gasteiger partial charge in [0.1, 0.15) is 6.33 Å². The molecule has 4 nitrogen and oxygen atoms in total. The van der Waals surface area contributed by atoms with E-state index in [9.17, 15) is 0 Å². The van der Waals surface area contributed by atoms with Gasteiger partial charge in [-0.25, -0.2) is 0 Å². The van der Waals surface area contributed by atoms with E-state index in [0.29, 0.717) is 0 Å². The van der Waals surface area contributed by atoms with Crippen molar-refractivity contribution < 1.29 is 0 Å². The molecule has 0 saturated carbocycles. The third-order valence-electron chi connectivity index (χ3n) is 3.03. The van der Waals surface area contributed by atoms with Crippen LogP contribution in [-0.4, -0.2) is 21.3 Å². The highest BCUT2D eigenvalue weighted by Gasteiger charge is 2.13. The molecule has 0 spiro atoms. The first-order valence-corrected chi connectivity index (χ1v) is 5.63. The van der Waals surface area contributed by atoms with Crippen LogP contribution in [0.3, 0.4) is 0 Å². The van der Waals surface area contributed by atoms with E-state index in [1.165, 1.54) is 11.3 Å². The lowest BCUT2D eigenvalue weighted by molar-refractivity contribution is 0.767. The Bertz CT molecular complexity index is 515. The Morgan fingerprint density at radius 2 is 2.38 bits per heavy atom. The Morgan fingerprint density at radius 1 is 1.44 bits per heavy atom. The lowest BCUT2D eigenvalue weighted by Crippen LogP contribution is -1.96. The van der Waals surface area contributed by atoms with Crippen LogP contribution in [0.2, 0.25) is 0 Å². The summed E-state index contributed by atoms with van der Waals surface area (Å²) in [5.74, 6) is 0.956. The van der Waals surface area contributed by atoms with Crippen LogP contribution in [0.25, 0.3) is 11.4 Å². The summed E-state index contributed by atoms with van der Waals surface area (Å²) in [7, 11) is 0. The van der Waals surface area contributed by atoms with Gasteiger partial charge in [0.05, 0.1) is 0 Å². The summed E-state index contributed by atoms with van der Waals surface area (Å²) in [5.41, 5.74) is 3.79. The molecule has 0 radical (unpaired) electrons. The maximum Gasteiger partial charge on any atom is 0.163 e. The van der Waals surface area contributed by atoms with Gasteiger partial charge in [0.2, 0.25) is 0 Å². The molecule has 0 bridgehead atoms. The first-order chi connectivity index (χ1) is 7.88. The fourth-order valence-corrected chi connectivity index (χ4v) is 2.15. The number of aromatic nitrogens is 3. The predicted molar refractivity (Wildman–Crippen MR) is 63.3 cm³/mol. The van der Waals surface area contributed by atoms with E-state index >= 15 is 0 Å². The molecule has 2 heterocycles. The van der Waals surface area contributed by atoms with E-state index in [-0.39, 0.29) is 0 Å². The molecule has 1 aromatic carbocycles. The zero-order valence-corrected chi connectivity index (χ0v) is 9.27. The van der Waals surface area contributed by atoms with Gasteiger partial charge in [-0.05, 0) is 37.1 Å². The van der Waals surface area contributed by atoms with Gasteiger partial charge >= 0.3 is 0 Å². The van der Waals surface area contributed by atoms with Crippen molar-refractivity contribution in [2.24, 2.45) is 0 Å². The third-order valence-corrected chi connectivity index (χ3v) is 3.03. The molecule has 0 atom stereocenters. The molecule has 2 aromatic rings. The van der Waals surface area contributed by atoms with Gasteiger partial charge in [-0.1, -0.05) is 0 Å². The molecule has 0 saturated heterocycles. The van der Waals surface area contributed by atoms with Gasteiger partial charge < -0.3 is 9.88 Å². The van der Waals surface area contributed by atoms with Crippen LogP contribution < -0.4 is 5.32 Å². The quantitative estimate of drug-likeness (QED) is 0.830. The van der Waals surface area contributed by atoms with Crippen LogP contribution >= 0.6 is 0 Å². The maximum absolute atomic E-state index is 4.18. The molecule has 3 rings (SSSR count). The van der Waals surface area contributed by atoms with E-state index in [1.807, 2.05) is 0 Å². The summed E-state index contributed by atoms with van der Waals surface area (Å²) in [6.45, 7) is 4.04. The minimum absolute atomic E-state index is 0.900. The zero-order chi connectivity index (χ0) is 11.0. The number of hydrogen-bond acceptors (Lipinski definition) is 3. The SMILES string of the molecule is CCn1cnnc1-c1ccc2c(c1)CCN2. The number of aryl methyl sites for hydroxylation is 1. The van der Waals surface area contributed by atoms with Crippen LogP contribution in [-0.2, 0) is 13.0 Å². The first-order valence-electron chi connectivity index (χ1n) is 5.63. The summed E-state index contributed by atoms with van der Waals surface area (Å²) >= 11 is 0. The summed E-state index contributed by atoms with van der Waals surface area (Å²) < 4.78 is 2.06. The molecule has 0 aliphatic carbocycles. The Hall–Kier alpha value is -1.84. The van der Waals surface area contributed by atoms with Crippen molar-refractivity contribution in [1.82, 2.24) is 14.8 Å². The predicted octanol–water partition coefficient (Wildman–Crippen LogP) is 1.93. The second-order valence-electron chi connectivity index (χ2n) is 3.99. The number of nitrogens with zero attached hydrogens (tertiary/aromatic N) is 3. The minimum atomic E-state index is 0.900. The number of fused-ring (bicyclic) bond motifs is 1. The molecular weight excluding hydrogens is 200 g/mol. The van der Waals surface area contributed by atoms with Crippen molar-refractivity contribution in [3.05, 3.63) is 30.1 Å². The minimum Gasteiger partial charge on any atom is -0.384 e.